The summed E-state index contributed by atoms with van der Waals surface area (Å²) in [6.07, 6.45) is 0.866. The van der Waals surface area contributed by atoms with Crippen LogP contribution in [0.4, 0.5) is 0 Å². The highest BCUT2D eigenvalue weighted by Gasteiger charge is 2.13. The zero-order chi connectivity index (χ0) is 14.0. The molecule has 0 fully saturated rings. The summed E-state index contributed by atoms with van der Waals surface area (Å²) < 4.78 is 0. The summed E-state index contributed by atoms with van der Waals surface area (Å²) in [4.78, 5) is 16.5. The molecule has 0 atom stereocenters. The average molecular weight is 275 g/mol. The Balaban J connectivity index is 2.65. The van der Waals surface area contributed by atoms with Crippen molar-refractivity contribution in [2.24, 2.45) is 0 Å². The molecule has 1 heterocycles. The first-order valence-corrected chi connectivity index (χ1v) is 7.26. The van der Waals surface area contributed by atoms with Gasteiger partial charge in [-0.2, -0.15) is 0 Å². The molecule has 0 unspecified atom stereocenters. The topological polar surface area (TPSA) is 50.2 Å². The van der Waals surface area contributed by atoms with Crippen molar-refractivity contribution in [3.05, 3.63) is 35.0 Å². The second kappa shape index (κ2) is 5.61. The van der Waals surface area contributed by atoms with Gasteiger partial charge in [0.25, 0.3) is 0 Å². The van der Waals surface area contributed by atoms with E-state index in [2.05, 4.69) is 18.0 Å². The molecular weight excluding hydrogens is 258 g/mol. The van der Waals surface area contributed by atoms with Gasteiger partial charge in [0.1, 0.15) is 0 Å². The maximum atomic E-state index is 10.8. The fourth-order valence-electron chi connectivity index (χ4n) is 2.22. The number of aryl methyl sites for hydroxylation is 2. The number of carboxylic acid groups (broad SMARTS) is 1. The maximum Gasteiger partial charge on any atom is 0.313 e. The van der Waals surface area contributed by atoms with E-state index in [1.165, 1.54) is 11.8 Å². The lowest BCUT2D eigenvalue weighted by Crippen LogP contribution is -2.01. The summed E-state index contributed by atoms with van der Waals surface area (Å²) in [7, 11) is 0. The molecule has 19 heavy (non-hydrogen) atoms. The van der Waals surface area contributed by atoms with Crippen LogP contribution in [0.3, 0.4) is 0 Å². The van der Waals surface area contributed by atoms with Gasteiger partial charge in [0, 0.05) is 16.0 Å². The van der Waals surface area contributed by atoms with Crippen molar-refractivity contribution < 1.29 is 9.90 Å². The molecule has 1 aromatic heterocycles. The van der Waals surface area contributed by atoms with Gasteiger partial charge in [-0.15, -0.1) is 11.8 Å². The number of fused-ring (bicyclic) bond motifs is 1. The van der Waals surface area contributed by atoms with Crippen LogP contribution in [0.25, 0.3) is 10.9 Å². The van der Waals surface area contributed by atoms with E-state index in [-0.39, 0.29) is 5.75 Å². The minimum absolute atomic E-state index is 0.0828. The number of aromatic nitrogens is 1. The number of carboxylic acids is 1. The van der Waals surface area contributed by atoms with Gasteiger partial charge < -0.3 is 5.11 Å². The number of aliphatic carboxylic acids is 1. The molecule has 0 aliphatic rings. The smallest absolute Gasteiger partial charge is 0.313 e. The first-order chi connectivity index (χ1) is 9.02. The van der Waals surface area contributed by atoms with Crippen LogP contribution in [0.5, 0.6) is 0 Å². The fraction of sp³-hybridized carbons (Fsp3) is 0.333. The molecule has 2 aromatic rings. The molecule has 4 heteroatoms. The van der Waals surface area contributed by atoms with Gasteiger partial charge in [-0.05, 0) is 38.0 Å². The third-order valence-electron chi connectivity index (χ3n) is 3.09. The number of hydrogen-bond acceptors (Lipinski definition) is 3. The summed E-state index contributed by atoms with van der Waals surface area (Å²) in [5, 5.41) is 9.96. The van der Waals surface area contributed by atoms with Gasteiger partial charge in [-0.25, -0.2) is 0 Å². The Bertz CT molecular complexity index is 638. The van der Waals surface area contributed by atoms with Gasteiger partial charge in [0.15, 0.2) is 0 Å². The van der Waals surface area contributed by atoms with Crippen LogP contribution < -0.4 is 0 Å². The zero-order valence-electron chi connectivity index (χ0n) is 11.4. The predicted octanol–water partition coefficient (Wildman–Crippen LogP) is 3.59. The highest BCUT2D eigenvalue weighted by atomic mass is 32.2. The Kier molecular flexibility index (Phi) is 4.10. The summed E-state index contributed by atoms with van der Waals surface area (Å²) in [6, 6.07) is 6.12. The van der Waals surface area contributed by atoms with Crippen LogP contribution in [-0.4, -0.2) is 21.8 Å². The van der Waals surface area contributed by atoms with Crippen LogP contribution in [0.1, 0.15) is 23.7 Å². The van der Waals surface area contributed by atoms with E-state index < -0.39 is 5.97 Å². The standard InChI is InChI=1S/C15H17NO2S/c1-4-11-10(3)16-13-6-5-9(2)7-12(13)15(11)19-8-14(17)18/h5-7H,4,8H2,1-3H3,(H,17,18). The normalized spacial score (nSPS) is 10.9. The third kappa shape index (κ3) is 2.89. The Hall–Kier alpha value is -1.55. The monoisotopic (exact) mass is 275 g/mol. The molecule has 3 nitrogen and oxygen atoms in total. The lowest BCUT2D eigenvalue weighted by atomic mass is 10.1. The number of pyridine rings is 1. The van der Waals surface area contributed by atoms with E-state index in [9.17, 15) is 4.79 Å². The first kappa shape index (κ1) is 13.9. The number of benzene rings is 1. The number of thioether (sulfide) groups is 1. The minimum Gasteiger partial charge on any atom is -0.481 e. The van der Waals surface area contributed by atoms with Crippen LogP contribution in [0.2, 0.25) is 0 Å². The van der Waals surface area contributed by atoms with Crippen LogP contribution in [0, 0.1) is 13.8 Å². The van der Waals surface area contributed by atoms with Gasteiger partial charge in [0.05, 0.1) is 11.3 Å². The Morgan fingerprint density at radius 2 is 2.11 bits per heavy atom. The molecule has 1 N–H and O–H groups in total. The van der Waals surface area contributed by atoms with Gasteiger partial charge in [-0.1, -0.05) is 18.6 Å². The van der Waals surface area contributed by atoms with E-state index in [1.54, 1.807) is 0 Å². The molecule has 2 rings (SSSR count). The van der Waals surface area contributed by atoms with E-state index in [4.69, 9.17) is 5.11 Å². The van der Waals surface area contributed by atoms with Crippen molar-refractivity contribution in [2.75, 3.05) is 5.75 Å². The highest BCUT2D eigenvalue weighted by molar-refractivity contribution is 8.00. The first-order valence-electron chi connectivity index (χ1n) is 6.27. The van der Waals surface area contributed by atoms with Crippen LogP contribution in [0.15, 0.2) is 23.1 Å². The Morgan fingerprint density at radius 1 is 1.37 bits per heavy atom. The second-order valence-corrected chi connectivity index (χ2v) is 5.55. The average Bonchev–Trinajstić information content (AvgIpc) is 2.36. The summed E-state index contributed by atoms with van der Waals surface area (Å²) in [5.74, 6) is -0.707. The zero-order valence-corrected chi connectivity index (χ0v) is 12.2. The molecule has 0 aliphatic heterocycles. The molecule has 0 radical (unpaired) electrons. The molecule has 100 valence electrons. The Morgan fingerprint density at radius 3 is 2.74 bits per heavy atom. The maximum absolute atomic E-state index is 10.8. The molecule has 1 aromatic carbocycles. The van der Waals surface area contributed by atoms with Gasteiger partial charge in [-0.3, -0.25) is 9.78 Å². The van der Waals surface area contributed by atoms with Crippen molar-refractivity contribution in [1.29, 1.82) is 0 Å². The quantitative estimate of drug-likeness (QED) is 0.866. The van der Waals surface area contributed by atoms with E-state index >= 15 is 0 Å². The van der Waals surface area contributed by atoms with E-state index in [0.717, 1.165) is 39.0 Å². The van der Waals surface area contributed by atoms with Gasteiger partial charge >= 0.3 is 5.97 Å². The molecule has 0 saturated carbocycles. The fourth-order valence-corrected chi connectivity index (χ4v) is 3.27. The molecule has 0 saturated heterocycles. The summed E-state index contributed by atoms with van der Waals surface area (Å²) >= 11 is 1.39. The lowest BCUT2D eigenvalue weighted by Gasteiger charge is -2.13. The lowest BCUT2D eigenvalue weighted by molar-refractivity contribution is -0.133. The predicted molar refractivity (Wildman–Crippen MR) is 79.0 cm³/mol. The largest absolute Gasteiger partial charge is 0.481 e. The van der Waals surface area contributed by atoms with E-state index in [0.29, 0.717) is 0 Å². The third-order valence-corrected chi connectivity index (χ3v) is 4.24. The molecular formula is C15H17NO2S. The van der Waals surface area contributed by atoms with Crippen molar-refractivity contribution >= 4 is 28.6 Å². The summed E-state index contributed by atoms with van der Waals surface area (Å²) in [6.45, 7) is 6.11. The van der Waals surface area contributed by atoms with Crippen LogP contribution in [-0.2, 0) is 11.2 Å². The van der Waals surface area contributed by atoms with Crippen molar-refractivity contribution in [2.45, 2.75) is 32.1 Å². The van der Waals surface area contributed by atoms with Crippen molar-refractivity contribution in [1.82, 2.24) is 4.98 Å². The number of nitrogens with zero attached hydrogens (tertiary/aromatic N) is 1. The van der Waals surface area contributed by atoms with Crippen molar-refractivity contribution in [3.8, 4) is 0 Å². The molecule has 0 spiro atoms. The van der Waals surface area contributed by atoms with Crippen LogP contribution >= 0.6 is 11.8 Å². The molecule has 0 aliphatic carbocycles. The minimum atomic E-state index is -0.790. The van der Waals surface area contributed by atoms with E-state index in [1.807, 2.05) is 26.0 Å². The summed E-state index contributed by atoms with van der Waals surface area (Å²) in [5.41, 5.74) is 4.25. The highest BCUT2D eigenvalue weighted by Crippen LogP contribution is 2.33. The molecule has 0 bridgehead atoms. The molecule has 0 amide bonds. The van der Waals surface area contributed by atoms with Gasteiger partial charge in [0.2, 0.25) is 0 Å². The Labute approximate surface area is 117 Å². The SMILES string of the molecule is CCc1c(C)nc2ccc(C)cc2c1SCC(=O)O. The number of carbonyl (C=O) groups is 1. The van der Waals surface area contributed by atoms with Crippen molar-refractivity contribution in [3.63, 3.8) is 0 Å². The second-order valence-electron chi connectivity index (χ2n) is 4.56. The number of rotatable bonds is 4. The number of hydrogen-bond donors (Lipinski definition) is 1.